The topological polar surface area (TPSA) is 49.4 Å². The van der Waals surface area contributed by atoms with Gasteiger partial charge in [-0.3, -0.25) is 4.57 Å². The molecule has 6 nitrogen and oxygen atoms in total. The van der Waals surface area contributed by atoms with Crippen LogP contribution in [-0.2, 0) is 22.1 Å². The fourth-order valence-corrected chi connectivity index (χ4v) is 10.1. The van der Waals surface area contributed by atoms with Gasteiger partial charge in [0, 0.05) is 39.1 Å². The van der Waals surface area contributed by atoms with Gasteiger partial charge in [0.2, 0.25) is 0 Å². The predicted octanol–water partition coefficient (Wildman–Crippen LogP) is 2.29. The van der Waals surface area contributed by atoms with Crippen molar-refractivity contribution in [3.63, 3.8) is 0 Å². The Bertz CT molecular complexity index is 286. The average molecular weight is 352 g/mol. The molecule has 1 fully saturated rings. The molecule has 1 heterocycles. The van der Waals surface area contributed by atoms with Crippen LogP contribution in [0.1, 0.15) is 41.0 Å². The molecule has 1 saturated heterocycles. The van der Waals surface area contributed by atoms with Gasteiger partial charge in [-0.2, -0.15) is 0 Å². The molecule has 22 heavy (non-hydrogen) atoms. The van der Waals surface area contributed by atoms with Crippen LogP contribution in [0.5, 0.6) is 0 Å². The van der Waals surface area contributed by atoms with Crippen molar-refractivity contribution in [2.75, 3.05) is 45.7 Å². The SMILES string of the molecule is CCO[Si](CN1CCC[Si]1(OCC)OCC)(OCC)OCC. The standard InChI is InChI=1S/C14H33NO5Si2/c1-6-16-21(17-7-2)13-11-12-15(21)14-22(18-8-3,19-9-4)20-10-5/h6-14H2,1-5H3. The van der Waals surface area contributed by atoms with E-state index in [2.05, 4.69) is 4.57 Å². The highest BCUT2D eigenvalue weighted by Gasteiger charge is 2.54. The number of rotatable bonds is 12. The Morgan fingerprint density at radius 3 is 1.73 bits per heavy atom. The number of hydrogen-bond donors (Lipinski definition) is 0. The van der Waals surface area contributed by atoms with Gasteiger partial charge in [-0.05, 0) is 47.6 Å². The van der Waals surface area contributed by atoms with E-state index in [-0.39, 0.29) is 0 Å². The quantitative estimate of drug-likeness (QED) is 0.503. The third-order valence-corrected chi connectivity index (χ3v) is 10.7. The first-order valence-corrected chi connectivity index (χ1v) is 12.5. The molecular formula is C14H33NO5Si2. The lowest BCUT2D eigenvalue weighted by molar-refractivity contribution is 0.0563. The molecule has 0 atom stereocenters. The smallest absolute Gasteiger partial charge is 0.383 e. The highest BCUT2D eigenvalue weighted by molar-refractivity contribution is 6.68. The fourth-order valence-electron chi connectivity index (χ4n) is 3.00. The van der Waals surface area contributed by atoms with Crippen molar-refractivity contribution in [3.05, 3.63) is 0 Å². The maximum absolute atomic E-state index is 6.12. The Kier molecular flexibility index (Phi) is 9.33. The summed E-state index contributed by atoms with van der Waals surface area (Å²) in [6, 6.07) is 1.00. The van der Waals surface area contributed by atoms with E-state index in [0.29, 0.717) is 39.2 Å². The van der Waals surface area contributed by atoms with Gasteiger partial charge in [-0.1, -0.05) is 0 Å². The molecule has 0 aliphatic carbocycles. The highest BCUT2D eigenvalue weighted by Crippen LogP contribution is 2.30. The molecule has 0 unspecified atom stereocenters. The third kappa shape index (κ3) is 5.10. The van der Waals surface area contributed by atoms with Crippen molar-refractivity contribution < 1.29 is 22.1 Å². The van der Waals surface area contributed by atoms with Crippen LogP contribution in [0.4, 0.5) is 0 Å². The Morgan fingerprint density at radius 2 is 1.32 bits per heavy atom. The second-order valence-corrected chi connectivity index (χ2v) is 10.8. The molecule has 1 aliphatic rings. The zero-order chi connectivity index (χ0) is 16.5. The first kappa shape index (κ1) is 20.2. The van der Waals surface area contributed by atoms with Gasteiger partial charge in [-0.15, -0.1) is 0 Å². The van der Waals surface area contributed by atoms with E-state index in [1.165, 1.54) is 0 Å². The lowest BCUT2D eigenvalue weighted by Gasteiger charge is -2.38. The summed E-state index contributed by atoms with van der Waals surface area (Å²) in [4.78, 5) is 0. The Morgan fingerprint density at radius 1 is 0.818 bits per heavy atom. The molecule has 1 rings (SSSR count). The van der Waals surface area contributed by atoms with Gasteiger partial charge in [0.25, 0.3) is 0 Å². The van der Waals surface area contributed by atoms with E-state index in [1.807, 2.05) is 34.6 Å². The molecule has 0 aromatic heterocycles. The molecule has 0 N–H and O–H groups in total. The normalized spacial score (nSPS) is 19.0. The fraction of sp³-hybridized carbons (Fsp3) is 1.00. The zero-order valence-electron chi connectivity index (χ0n) is 14.9. The molecular weight excluding hydrogens is 318 g/mol. The van der Waals surface area contributed by atoms with Crippen LogP contribution in [-0.4, -0.2) is 67.8 Å². The lowest BCUT2D eigenvalue weighted by Crippen LogP contribution is -2.63. The minimum atomic E-state index is -2.71. The van der Waals surface area contributed by atoms with E-state index in [4.69, 9.17) is 22.1 Å². The monoisotopic (exact) mass is 351 g/mol. The highest BCUT2D eigenvalue weighted by atomic mass is 28.4. The van der Waals surface area contributed by atoms with E-state index in [1.54, 1.807) is 0 Å². The summed E-state index contributed by atoms with van der Waals surface area (Å²) < 4.78 is 32.5. The van der Waals surface area contributed by atoms with Gasteiger partial charge >= 0.3 is 17.5 Å². The summed E-state index contributed by atoms with van der Waals surface area (Å²) in [5.41, 5.74) is 0. The van der Waals surface area contributed by atoms with E-state index >= 15 is 0 Å². The summed E-state index contributed by atoms with van der Waals surface area (Å²) >= 11 is 0. The summed E-state index contributed by atoms with van der Waals surface area (Å²) in [7, 11) is -5.04. The van der Waals surface area contributed by atoms with Crippen LogP contribution in [0, 0.1) is 0 Å². The van der Waals surface area contributed by atoms with Crippen molar-refractivity contribution in [1.82, 2.24) is 4.57 Å². The molecule has 1 aliphatic heterocycles. The first-order chi connectivity index (χ1) is 10.6. The second kappa shape index (κ2) is 10.1. The van der Waals surface area contributed by atoms with Crippen LogP contribution in [0.2, 0.25) is 6.04 Å². The van der Waals surface area contributed by atoms with Crippen LogP contribution < -0.4 is 0 Å². The van der Waals surface area contributed by atoms with Crippen LogP contribution in [0.15, 0.2) is 0 Å². The Hall–Kier alpha value is 0.194. The lowest BCUT2D eigenvalue weighted by atomic mass is 10.5. The molecule has 0 spiro atoms. The third-order valence-electron chi connectivity index (χ3n) is 3.62. The molecule has 0 saturated carbocycles. The second-order valence-electron chi connectivity index (χ2n) is 5.09. The summed E-state index contributed by atoms with van der Waals surface area (Å²) in [5, 5.41) is 0. The van der Waals surface area contributed by atoms with Crippen LogP contribution in [0.3, 0.4) is 0 Å². The predicted molar refractivity (Wildman–Crippen MR) is 90.6 cm³/mol. The minimum Gasteiger partial charge on any atom is -0.383 e. The van der Waals surface area contributed by atoms with Crippen LogP contribution >= 0.6 is 0 Å². The summed E-state index contributed by atoms with van der Waals surface area (Å²) in [5.74, 6) is 0. The first-order valence-electron chi connectivity index (χ1n) is 8.56. The minimum absolute atomic E-state index is 0.595. The van der Waals surface area contributed by atoms with Crippen molar-refractivity contribution in [1.29, 1.82) is 0 Å². The zero-order valence-corrected chi connectivity index (χ0v) is 16.9. The maximum atomic E-state index is 6.12. The van der Waals surface area contributed by atoms with Gasteiger partial charge < -0.3 is 22.1 Å². The average Bonchev–Trinajstić information content (AvgIpc) is 2.83. The van der Waals surface area contributed by atoms with Gasteiger partial charge in [0.15, 0.2) is 0 Å². The van der Waals surface area contributed by atoms with Crippen molar-refractivity contribution >= 4 is 17.5 Å². The number of nitrogens with zero attached hydrogens (tertiary/aromatic N) is 1. The van der Waals surface area contributed by atoms with Gasteiger partial charge in [0.05, 0.1) is 6.17 Å². The van der Waals surface area contributed by atoms with Crippen LogP contribution in [0.25, 0.3) is 0 Å². The van der Waals surface area contributed by atoms with Gasteiger partial charge in [-0.25, -0.2) is 0 Å². The van der Waals surface area contributed by atoms with Gasteiger partial charge in [0.1, 0.15) is 0 Å². The largest absolute Gasteiger partial charge is 0.515 e. The molecule has 0 aromatic carbocycles. The molecule has 8 heteroatoms. The molecule has 0 radical (unpaired) electrons. The van der Waals surface area contributed by atoms with E-state index in [0.717, 1.165) is 19.0 Å². The summed E-state index contributed by atoms with van der Waals surface area (Å²) in [6.07, 6.45) is 1.76. The van der Waals surface area contributed by atoms with Crippen molar-refractivity contribution in [3.8, 4) is 0 Å². The Balaban J connectivity index is 2.92. The number of hydrogen-bond acceptors (Lipinski definition) is 6. The molecule has 0 amide bonds. The van der Waals surface area contributed by atoms with E-state index < -0.39 is 17.5 Å². The molecule has 0 aromatic rings. The molecule has 0 bridgehead atoms. The molecule has 132 valence electrons. The summed E-state index contributed by atoms with van der Waals surface area (Å²) in [6.45, 7) is 14.1. The van der Waals surface area contributed by atoms with E-state index in [9.17, 15) is 0 Å². The Labute approximate surface area is 137 Å². The van der Waals surface area contributed by atoms with Crippen molar-refractivity contribution in [2.45, 2.75) is 47.1 Å². The maximum Gasteiger partial charge on any atom is 0.515 e. The van der Waals surface area contributed by atoms with Crippen molar-refractivity contribution in [2.24, 2.45) is 0 Å².